The highest BCUT2D eigenvalue weighted by molar-refractivity contribution is 5.72. The molecule has 6 nitrogen and oxygen atoms in total. The molecule has 0 spiro atoms. The van der Waals surface area contributed by atoms with E-state index in [4.69, 9.17) is 18.9 Å². The van der Waals surface area contributed by atoms with Gasteiger partial charge in [-0.3, -0.25) is 0 Å². The second-order valence-electron chi connectivity index (χ2n) is 13.1. The minimum atomic E-state index is -1.90. The Balaban J connectivity index is 1.23. The first kappa shape index (κ1) is 36.2. The summed E-state index contributed by atoms with van der Waals surface area (Å²) in [5, 5.41) is 23.3. The number of aryl methyl sites for hydroxylation is 4. The Hall–Kier alpha value is -5.56. The number of rotatable bonds is 13. The van der Waals surface area contributed by atoms with E-state index in [9.17, 15) is 10.2 Å². The van der Waals surface area contributed by atoms with E-state index in [1.807, 2.05) is 175 Å². The van der Waals surface area contributed by atoms with Crippen LogP contribution in [0.15, 0.2) is 133 Å². The fourth-order valence-electron chi connectivity index (χ4n) is 6.37. The average Bonchev–Trinajstić information content (AvgIpc) is 3.15. The van der Waals surface area contributed by atoms with Crippen molar-refractivity contribution < 1.29 is 29.2 Å². The summed E-state index contributed by atoms with van der Waals surface area (Å²) in [5.41, 5.74) is 9.05. The highest BCUT2D eigenvalue weighted by Gasteiger charge is 2.34. The van der Waals surface area contributed by atoms with Crippen LogP contribution in [0.25, 0.3) is 33.4 Å². The minimum absolute atomic E-state index is 0.197. The van der Waals surface area contributed by atoms with Crippen LogP contribution in [-0.2, 0) is 0 Å². The number of hydrogen-bond donors (Lipinski definition) is 2. The molecule has 0 heterocycles. The van der Waals surface area contributed by atoms with Gasteiger partial charge in [-0.25, -0.2) is 0 Å². The molecule has 0 bridgehead atoms. The van der Waals surface area contributed by atoms with E-state index >= 15 is 0 Å². The summed E-state index contributed by atoms with van der Waals surface area (Å²) in [6.45, 7) is 11.5. The lowest BCUT2D eigenvalue weighted by molar-refractivity contribution is -0.274. The lowest BCUT2D eigenvalue weighted by atomic mass is 9.96. The van der Waals surface area contributed by atoms with Gasteiger partial charge in [0.25, 0.3) is 0 Å². The fourth-order valence-corrected chi connectivity index (χ4v) is 6.37. The molecular formula is C46H46O6. The van der Waals surface area contributed by atoms with Crippen molar-refractivity contribution in [1.29, 1.82) is 0 Å². The highest BCUT2D eigenvalue weighted by atomic mass is 16.8. The molecule has 266 valence electrons. The highest BCUT2D eigenvalue weighted by Crippen LogP contribution is 2.39. The second-order valence-corrected chi connectivity index (χ2v) is 13.1. The van der Waals surface area contributed by atoms with Gasteiger partial charge in [-0.1, -0.05) is 111 Å². The zero-order valence-corrected chi connectivity index (χ0v) is 30.6. The third kappa shape index (κ3) is 7.99. The Morgan fingerprint density at radius 1 is 0.404 bits per heavy atom. The molecule has 0 saturated heterocycles. The third-order valence-corrected chi connectivity index (χ3v) is 9.15. The Morgan fingerprint density at radius 2 is 0.712 bits per heavy atom. The fraction of sp³-hybridized carbons (Fsp3) is 0.217. The maximum Gasteiger partial charge on any atom is 0.368 e. The van der Waals surface area contributed by atoms with Crippen molar-refractivity contribution in [3.05, 3.63) is 156 Å². The van der Waals surface area contributed by atoms with Crippen molar-refractivity contribution in [2.45, 2.75) is 66.3 Å². The van der Waals surface area contributed by atoms with E-state index in [1.165, 1.54) is 0 Å². The lowest BCUT2D eigenvalue weighted by Crippen LogP contribution is -2.42. The summed E-state index contributed by atoms with van der Waals surface area (Å²) < 4.78 is 25.0. The first-order valence-corrected chi connectivity index (χ1v) is 17.7. The Kier molecular flexibility index (Phi) is 10.7. The molecule has 0 aliphatic rings. The van der Waals surface area contributed by atoms with Crippen LogP contribution in [0.3, 0.4) is 0 Å². The van der Waals surface area contributed by atoms with E-state index < -0.39 is 11.9 Å². The first-order chi connectivity index (χ1) is 25.0. The lowest BCUT2D eigenvalue weighted by Gasteiger charge is -2.31. The summed E-state index contributed by atoms with van der Waals surface area (Å²) in [4.78, 5) is 0. The van der Waals surface area contributed by atoms with E-state index in [1.54, 1.807) is 0 Å². The molecule has 2 N–H and O–H groups in total. The topological polar surface area (TPSA) is 77.4 Å². The second kappa shape index (κ2) is 15.4. The van der Waals surface area contributed by atoms with Gasteiger partial charge in [-0.2, -0.15) is 0 Å². The van der Waals surface area contributed by atoms with Crippen LogP contribution >= 0.6 is 0 Å². The largest absolute Gasteiger partial charge is 0.429 e. The Labute approximate surface area is 306 Å². The first-order valence-electron chi connectivity index (χ1n) is 17.7. The summed E-state index contributed by atoms with van der Waals surface area (Å²) in [5.74, 6) is -1.63. The van der Waals surface area contributed by atoms with Crippen LogP contribution in [0.2, 0.25) is 0 Å². The predicted octanol–water partition coefficient (Wildman–Crippen LogP) is 10.9. The molecule has 2 unspecified atom stereocenters. The zero-order valence-electron chi connectivity index (χ0n) is 30.6. The normalized spacial score (nSPS) is 13.5. The molecule has 0 amide bonds. The van der Waals surface area contributed by atoms with Gasteiger partial charge in [0.1, 0.15) is 23.0 Å². The van der Waals surface area contributed by atoms with E-state index in [0.29, 0.717) is 23.0 Å². The van der Waals surface area contributed by atoms with Crippen molar-refractivity contribution >= 4 is 0 Å². The van der Waals surface area contributed by atoms with E-state index in [0.717, 1.165) is 55.6 Å². The number of benzene rings is 6. The van der Waals surface area contributed by atoms with Gasteiger partial charge in [-0.15, -0.1) is 0 Å². The molecule has 2 atom stereocenters. The van der Waals surface area contributed by atoms with Gasteiger partial charge in [0.2, 0.25) is 0 Å². The molecule has 6 aromatic rings. The molecule has 0 aliphatic heterocycles. The van der Waals surface area contributed by atoms with Crippen molar-refractivity contribution in [2.24, 2.45) is 0 Å². The number of aliphatic hydroxyl groups is 2. The summed E-state index contributed by atoms with van der Waals surface area (Å²) in [7, 11) is 0. The van der Waals surface area contributed by atoms with Crippen LogP contribution in [0, 0.1) is 27.7 Å². The van der Waals surface area contributed by atoms with Crippen LogP contribution < -0.4 is 18.9 Å². The standard InChI is InChI=1S/C46H46O6/c1-7-45(47,49-41-25-17-15-23-39(41)35-19-11-9-12-20-35)51-43-31(3)27-37(28-32(43)4)38-29-33(5)44(34(6)30-38)52-46(48,8-2)50-42-26-18-16-24-40(42)36-21-13-10-14-22-36/h9-30,47-48H,7-8H2,1-6H3. The molecule has 6 rings (SSSR count). The summed E-state index contributed by atoms with van der Waals surface area (Å²) in [6.07, 6.45) is 0.393. The van der Waals surface area contributed by atoms with Gasteiger partial charge in [-0.05, 0) is 109 Å². The molecular weight excluding hydrogens is 648 g/mol. The molecule has 52 heavy (non-hydrogen) atoms. The minimum Gasteiger partial charge on any atom is -0.429 e. The van der Waals surface area contributed by atoms with Crippen molar-refractivity contribution in [3.63, 3.8) is 0 Å². The number of hydrogen-bond acceptors (Lipinski definition) is 6. The van der Waals surface area contributed by atoms with E-state index in [-0.39, 0.29) is 12.8 Å². The van der Waals surface area contributed by atoms with Crippen molar-refractivity contribution in [3.8, 4) is 56.4 Å². The van der Waals surface area contributed by atoms with Crippen LogP contribution in [0.1, 0.15) is 48.9 Å². The zero-order chi connectivity index (χ0) is 36.9. The van der Waals surface area contributed by atoms with Gasteiger partial charge in [0.15, 0.2) is 0 Å². The van der Waals surface area contributed by atoms with Gasteiger partial charge < -0.3 is 29.2 Å². The van der Waals surface area contributed by atoms with Crippen molar-refractivity contribution in [1.82, 2.24) is 0 Å². The Bertz CT molecular complexity index is 1940. The van der Waals surface area contributed by atoms with Gasteiger partial charge >= 0.3 is 11.9 Å². The number of ether oxygens (including phenoxy) is 4. The Morgan fingerprint density at radius 3 is 1.04 bits per heavy atom. The molecule has 6 heteroatoms. The van der Waals surface area contributed by atoms with Crippen LogP contribution in [-0.4, -0.2) is 22.2 Å². The monoisotopic (exact) mass is 694 g/mol. The quantitative estimate of drug-likeness (QED) is 0.117. The van der Waals surface area contributed by atoms with Gasteiger partial charge in [0, 0.05) is 11.1 Å². The predicted molar refractivity (Wildman–Crippen MR) is 208 cm³/mol. The SMILES string of the molecule is CCC(O)(Oc1ccccc1-c1ccccc1)Oc1c(C)cc(-c2cc(C)c(OC(O)(CC)Oc3ccccc3-c3ccccc3)c(C)c2)cc1C. The average molecular weight is 695 g/mol. The molecule has 0 aliphatic carbocycles. The van der Waals surface area contributed by atoms with E-state index in [2.05, 4.69) is 0 Å². The van der Waals surface area contributed by atoms with Gasteiger partial charge in [0.05, 0.1) is 12.8 Å². The smallest absolute Gasteiger partial charge is 0.368 e. The van der Waals surface area contributed by atoms with Crippen LogP contribution in [0.4, 0.5) is 0 Å². The third-order valence-electron chi connectivity index (χ3n) is 9.15. The van der Waals surface area contributed by atoms with Crippen molar-refractivity contribution in [2.75, 3.05) is 0 Å². The summed E-state index contributed by atoms with van der Waals surface area (Å²) >= 11 is 0. The molecule has 6 aromatic carbocycles. The van der Waals surface area contributed by atoms with Crippen LogP contribution in [0.5, 0.6) is 23.0 Å². The number of para-hydroxylation sites is 2. The summed E-state index contributed by atoms with van der Waals surface area (Å²) in [6, 6.07) is 43.3. The molecule has 0 saturated carbocycles. The molecule has 0 radical (unpaired) electrons. The molecule has 0 aromatic heterocycles. The maximum atomic E-state index is 11.6. The molecule has 0 fully saturated rings. The maximum absolute atomic E-state index is 11.6.